The van der Waals surface area contributed by atoms with Crippen LogP contribution in [0.15, 0.2) is 0 Å². The van der Waals surface area contributed by atoms with E-state index in [1.54, 1.807) is 0 Å². The third kappa shape index (κ3) is 3.64. The Morgan fingerprint density at radius 1 is 1.07 bits per heavy atom. The first-order chi connectivity index (χ1) is 13.3. The number of hydrogen-bond donors (Lipinski definition) is 1. The van der Waals surface area contributed by atoms with Gasteiger partial charge in [0.1, 0.15) is 16.2 Å². The molecule has 2 heterocycles. The Bertz CT molecular complexity index is 895. The van der Waals surface area contributed by atoms with Crippen LogP contribution in [-0.4, -0.2) is 45.3 Å². The highest BCUT2D eigenvalue weighted by atomic mass is 32.1. The number of carbonyl (C=O) groups is 2. The van der Waals surface area contributed by atoms with Crippen molar-refractivity contribution in [1.29, 1.82) is 0 Å². The molecule has 1 saturated carbocycles. The van der Waals surface area contributed by atoms with Crippen molar-refractivity contribution in [2.45, 2.75) is 72.3 Å². The van der Waals surface area contributed by atoms with E-state index in [1.165, 1.54) is 11.3 Å². The van der Waals surface area contributed by atoms with Gasteiger partial charge in [0.25, 0.3) is 5.91 Å². The Hall–Kier alpha value is -2.02. The Morgan fingerprint density at radius 2 is 1.71 bits per heavy atom. The van der Waals surface area contributed by atoms with Crippen LogP contribution in [0.3, 0.4) is 0 Å². The summed E-state index contributed by atoms with van der Waals surface area (Å²) in [6.45, 7) is 11.0. The fourth-order valence-electron chi connectivity index (χ4n) is 4.33. The van der Waals surface area contributed by atoms with E-state index in [0.29, 0.717) is 36.6 Å². The first kappa shape index (κ1) is 20.7. The number of fused-ring (bicyclic) bond motifs is 1. The molecule has 2 aromatic heterocycles. The largest absolute Gasteiger partial charge is 0.341 e. The van der Waals surface area contributed by atoms with Crippen molar-refractivity contribution >= 4 is 33.4 Å². The van der Waals surface area contributed by atoms with Gasteiger partial charge in [-0.25, -0.2) is 9.97 Å². The number of thiophene rings is 1. The summed E-state index contributed by atoms with van der Waals surface area (Å²) >= 11 is 1.39. The minimum Gasteiger partial charge on any atom is -0.341 e. The predicted molar refractivity (Wildman–Crippen MR) is 113 cm³/mol. The van der Waals surface area contributed by atoms with Gasteiger partial charge in [-0.2, -0.15) is 0 Å². The second-order valence-electron chi connectivity index (χ2n) is 7.67. The molecule has 7 heteroatoms. The van der Waals surface area contributed by atoms with Crippen molar-refractivity contribution in [2.24, 2.45) is 0 Å². The molecule has 1 aliphatic carbocycles. The molecule has 0 atom stereocenters. The van der Waals surface area contributed by atoms with Crippen LogP contribution in [0, 0.1) is 20.8 Å². The quantitative estimate of drug-likeness (QED) is 0.822. The van der Waals surface area contributed by atoms with E-state index < -0.39 is 5.54 Å². The maximum Gasteiger partial charge on any atom is 0.262 e. The van der Waals surface area contributed by atoms with E-state index in [4.69, 9.17) is 0 Å². The van der Waals surface area contributed by atoms with E-state index in [1.807, 2.05) is 39.5 Å². The summed E-state index contributed by atoms with van der Waals surface area (Å²) in [6, 6.07) is 0. The number of rotatable bonds is 5. The highest BCUT2D eigenvalue weighted by Crippen LogP contribution is 2.34. The van der Waals surface area contributed by atoms with Gasteiger partial charge >= 0.3 is 0 Å². The van der Waals surface area contributed by atoms with Crippen molar-refractivity contribution < 1.29 is 9.59 Å². The van der Waals surface area contributed by atoms with Gasteiger partial charge < -0.3 is 10.2 Å². The highest BCUT2D eigenvalue weighted by Gasteiger charge is 2.43. The molecule has 2 aromatic rings. The maximum absolute atomic E-state index is 13.3. The minimum absolute atomic E-state index is 0.0520. The lowest BCUT2D eigenvalue weighted by Crippen LogP contribution is -2.60. The lowest BCUT2D eigenvalue weighted by molar-refractivity contribution is -0.139. The summed E-state index contributed by atoms with van der Waals surface area (Å²) in [7, 11) is 0. The number of carbonyl (C=O) groups excluding carboxylic acids is 2. The van der Waals surface area contributed by atoms with Gasteiger partial charge in [-0.1, -0.05) is 19.3 Å². The van der Waals surface area contributed by atoms with Crippen LogP contribution in [0.5, 0.6) is 0 Å². The molecule has 3 rings (SSSR count). The molecule has 0 bridgehead atoms. The van der Waals surface area contributed by atoms with Gasteiger partial charge in [-0.3, -0.25) is 9.59 Å². The standard InChI is InChI=1S/C21H30N4O2S/c1-6-25(7-2)20(27)21(11-9-8-10-12-21)24-18(26)17-13(3)16-14(4)22-15(5)23-19(16)28-17/h6-12H2,1-5H3,(H,24,26). The van der Waals surface area contributed by atoms with Crippen molar-refractivity contribution in [1.82, 2.24) is 20.2 Å². The third-order valence-corrected chi connectivity index (χ3v) is 6.99. The molecule has 28 heavy (non-hydrogen) atoms. The molecule has 0 aliphatic heterocycles. The van der Waals surface area contributed by atoms with Gasteiger partial charge in [0.05, 0.1) is 4.88 Å². The van der Waals surface area contributed by atoms with Crippen molar-refractivity contribution in [3.05, 3.63) is 22.0 Å². The first-order valence-corrected chi connectivity index (χ1v) is 11.0. The zero-order chi connectivity index (χ0) is 20.5. The van der Waals surface area contributed by atoms with Crippen molar-refractivity contribution in [2.75, 3.05) is 13.1 Å². The van der Waals surface area contributed by atoms with Crippen LogP contribution < -0.4 is 5.32 Å². The SMILES string of the molecule is CCN(CC)C(=O)C1(NC(=O)c2sc3nc(C)nc(C)c3c2C)CCCCC1. The highest BCUT2D eigenvalue weighted by molar-refractivity contribution is 7.20. The average molecular weight is 403 g/mol. The topological polar surface area (TPSA) is 75.2 Å². The summed E-state index contributed by atoms with van der Waals surface area (Å²) in [4.78, 5) is 38.8. The van der Waals surface area contributed by atoms with Gasteiger partial charge in [0, 0.05) is 24.2 Å². The van der Waals surface area contributed by atoms with E-state index in [0.717, 1.165) is 40.7 Å². The molecular weight excluding hydrogens is 372 g/mol. The first-order valence-electron chi connectivity index (χ1n) is 10.2. The van der Waals surface area contributed by atoms with E-state index >= 15 is 0 Å². The van der Waals surface area contributed by atoms with E-state index in [2.05, 4.69) is 15.3 Å². The van der Waals surface area contributed by atoms with E-state index in [9.17, 15) is 9.59 Å². The number of likely N-dealkylation sites (N-methyl/N-ethyl adjacent to an activating group) is 1. The second kappa shape index (κ2) is 8.15. The summed E-state index contributed by atoms with van der Waals surface area (Å²) in [6.07, 6.45) is 4.44. The molecule has 2 amide bonds. The molecule has 0 saturated heterocycles. The summed E-state index contributed by atoms with van der Waals surface area (Å²) in [5.74, 6) is 0.592. The fraction of sp³-hybridized carbons (Fsp3) is 0.619. The normalized spacial score (nSPS) is 16.2. The lowest BCUT2D eigenvalue weighted by Gasteiger charge is -2.40. The molecule has 0 unspecified atom stereocenters. The second-order valence-corrected chi connectivity index (χ2v) is 8.67. The number of nitrogens with zero attached hydrogens (tertiary/aromatic N) is 3. The Kier molecular flexibility index (Phi) is 6.03. The van der Waals surface area contributed by atoms with Crippen LogP contribution in [-0.2, 0) is 4.79 Å². The van der Waals surface area contributed by atoms with Crippen molar-refractivity contribution in [3.63, 3.8) is 0 Å². The van der Waals surface area contributed by atoms with Gasteiger partial charge in [-0.15, -0.1) is 11.3 Å². The van der Waals surface area contributed by atoms with Crippen LogP contribution >= 0.6 is 11.3 Å². The summed E-state index contributed by atoms with van der Waals surface area (Å²) in [5.41, 5.74) is 0.999. The third-order valence-electron chi connectivity index (χ3n) is 5.81. The lowest BCUT2D eigenvalue weighted by atomic mass is 9.80. The Labute approximate surface area is 170 Å². The fourth-order valence-corrected chi connectivity index (χ4v) is 5.50. The maximum atomic E-state index is 13.3. The smallest absolute Gasteiger partial charge is 0.262 e. The average Bonchev–Trinajstić information content (AvgIpc) is 3.00. The molecule has 0 radical (unpaired) electrons. The molecule has 152 valence electrons. The molecule has 1 N–H and O–H groups in total. The Balaban J connectivity index is 1.97. The number of hydrogen-bond acceptors (Lipinski definition) is 5. The summed E-state index contributed by atoms with van der Waals surface area (Å²) in [5, 5.41) is 4.12. The van der Waals surface area contributed by atoms with Gasteiger partial charge in [0.2, 0.25) is 5.91 Å². The molecule has 1 aliphatic rings. The van der Waals surface area contributed by atoms with Crippen molar-refractivity contribution in [3.8, 4) is 0 Å². The molecular formula is C21H30N4O2S. The van der Waals surface area contributed by atoms with Crippen LogP contribution in [0.1, 0.15) is 72.7 Å². The minimum atomic E-state index is -0.791. The van der Waals surface area contributed by atoms with Gasteiger partial charge in [0.15, 0.2) is 0 Å². The van der Waals surface area contributed by atoms with Gasteiger partial charge in [-0.05, 0) is 53.0 Å². The Morgan fingerprint density at radius 3 is 2.32 bits per heavy atom. The zero-order valence-corrected chi connectivity index (χ0v) is 18.3. The molecule has 6 nitrogen and oxygen atoms in total. The summed E-state index contributed by atoms with van der Waals surface area (Å²) < 4.78 is 0. The number of nitrogens with one attached hydrogen (secondary N) is 1. The van der Waals surface area contributed by atoms with Crippen LogP contribution in [0.4, 0.5) is 0 Å². The zero-order valence-electron chi connectivity index (χ0n) is 17.5. The number of aryl methyl sites for hydroxylation is 3. The number of amides is 2. The molecule has 0 aromatic carbocycles. The van der Waals surface area contributed by atoms with Crippen LogP contribution in [0.25, 0.3) is 10.2 Å². The monoisotopic (exact) mass is 402 g/mol. The van der Waals surface area contributed by atoms with Crippen LogP contribution in [0.2, 0.25) is 0 Å². The van der Waals surface area contributed by atoms with E-state index in [-0.39, 0.29) is 11.8 Å². The molecule has 0 spiro atoms. The molecule has 1 fully saturated rings. The predicted octanol–water partition coefficient (Wildman–Crippen LogP) is 3.92. The number of aromatic nitrogens is 2.